The van der Waals surface area contributed by atoms with E-state index in [0.717, 1.165) is 16.6 Å². The summed E-state index contributed by atoms with van der Waals surface area (Å²) in [6.45, 7) is 0. The summed E-state index contributed by atoms with van der Waals surface area (Å²) < 4.78 is 13.8. The van der Waals surface area contributed by atoms with E-state index in [0.29, 0.717) is 17.0 Å². The average molecular weight is 302 g/mol. The lowest BCUT2D eigenvalue weighted by Crippen LogP contribution is -2.14. The van der Waals surface area contributed by atoms with E-state index in [-0.39, 0.29) is 11.9 Å². The predicted molar refractivity (Wildman–Crippen MR) is 81.6 cm³/mol. The Morgan fingerprint density at radius 2 is 1.81 bits per heavy atom. The minimum atomic E-state index is -0.329. The van der Waals surface area contributed by atoms with Crippen LogP contribution in [0.2, 0.25) is 5.02 Å². The molecule has 1 aromatic heterocycles. The number of hydrogen-bond acceptors (Lipinski definition) is 3. The van der Waals surface area contributed by atoms with Crippen LogP contribution in [0.15, 0.2) is 48.8 Å². The third-order valence-corrected chi connectivity index (χ3v) is 3.60. The van der Waals surface area contributed by atoms with Crippen LogP contribution in [0.3, 0.4) is 0 Å². The molecule has 21 heavy (non-hydrogen) atoms. The first kappa shape index (κ1) is 13.9. The Hall–Kier alpha value is -2.04. The SMILES string of the molecule is NC(Cc1cc(Cl)ccc1F)c1ccc2nccnc2c1. The van der Waals surface area contributed by atoms with Crippen LogP contribution in [-0.4, -0.2) is 9.97 Å². The molecule has 3 rings (SSSR count). The number of benzene rings is 2. The molecule has 0 saturated carbocycles. The van der Waals surface area contributed by atoms with Gasteiger partial charge < -0.3 is 5.73 Å². The Morgan fingerprint density at radius 1 is 1.05 bits per heavy atom. The van der Waals surface area contributed by atoms with Crippen molar-refractivity contribution in [2.75, 3.05) is 0 Å². The van der Waals surface area contributed by atoms with Crippen LogP contribution in [0.4, 0.5) is 4.39 Å². The fourth-order valence-corrected chi connectivity index (χ4v) is 2.46. The van der Waals surface area contributed by atoms with Crippen molar-refractivity contribution in [3.63, 3.8) is 0 Å². The zero-order chi connectivity index (χ0) is 14.8. The van der Waals surface area contributed by atoms with E-state index in [1.54, 1.807) is 18.5 Å². The van der Waals surface area contributed by atoms with Crippen molar-refractivity contribution in [1.29, 1.82) is 0 Å². The molecule has 1 atom stereocenters. The van der Waals surface area contributed by atoms with E-state index in [2.05, 4.69) is 9.97 Å². The number of halogens is 2. The van der Waals surface area contributed by atoms with Gasteiger partial charge in [0, 0.05) is 23.5 Å². The normalized spacial score (nSPS) is 12.5. The van der Waals surface area contributed by atoms with E-state index in [4.69, 9.17) is 17.3 Å². The third kappa shape index (κ3) is 3.01. The van der Waals surface area contributed by atoms with Gasteiger partial charge in [-0.05, 0) is 47.9 Å². The Bertz CT molecular complexity index is 791. The predicted octanol–water partition coefficient (Wildman–Crippen LogP) is 3.66. The smallest absolute Gasteiger partial charge is 0.126 e. The largest absolute Gasteiger partial charge is 0.324 e. The highest BCUT2D eigenvalue weighted by Gasteiger charge is 2.12. The van der Waals surface area contributed by atoms with Crippen molar-refractivity contribution >= 4 is 22.6 Å². The van der Waals surface area contributed by atoms with Crippen molar-refractivity contribution in [2.24, 2.45) is 5.73 Å². The highest BCUT2D eigenvalue weighted by atomic mass is 35.5. The number of aromatic nitrogens is 2. The van der Waals surface area contributed by atoms with Crippen molar-refractivity contribution in [3.8, 4) is 0 Å². The summed E-state index contributed by atoms with van der Waals surface area (Å²) in [6.07, 6.45) is 3.65. The minimum absolute atomic E-state index is 0.296. The first-order chi connectivity index (χ1) is 10.1. The van der Waals surface area contributed by atoms with Gasteiger partial charge in [0.05, 0.1) is 11.0 Å². The first-order valence-corrected chi connectivity index (χ1v) is 6.91. The summed E-state index contributed by atoms with van der Waals surface area (Å²) >= 11 is 5.90. The maximum Gasteiger partial charge on any atom is 0.126 e. The second kappa shape index (κ2) is 5.76. The zero-order valence-electron chi connectivity index (χ0n) is 11.1. The lowest BCUT2D eigenvalue weighted by Gasteiger charge is -2.13. The van der Waals surface area contributed by atoms with E-state index in [1.807, 2.05) is 18.2 Å². The molecule has 5 heteroatoms. The molecule has 0 fully saturated rings. The molecule has 3 aromatic rings. The molecule has 0 bridgehead atoms. The Labute approximate surface area is 126 Å². The molecule has 0 amide bonds. The molecule has 3 nitrogen and oxygen atoms in total. The molecule has 106 valence electrons. The first-order valence-electron chi connectivity index (χ1n) is 6.53. The van der Waals surface area contributed by atoms with Crippen molar-refractivity contribution < 1.29 is 4.39 Å². The molecular weight excluding hydrogens is 289 g/mol. The molecule has 2 N–H and O–H groups in total. The minimum Gasteiger partial charge on any atom is -0.324 e. The maximum atomic E-state index is 13.8. The highest BCUT2D eigenvalue weighted by molar-refractivity contribution is 6.30. The van der Waals surface area contributed by atoms with Crippen LogP contribution in [0.5, 0.6) is 0 Å². The molecule has 0 aliphatic heterocycles. The Balaban J connectivity index is 1.89. The van der Waals surface area contributed by atoms with Crippen LogP contribution in [-0.2, 0) is 6.42 Å². The topological polar surface area (TPSA) is 51.8 Å². The fourth-order valence-electron chi connectivity index (χ4n) is 2.27. The molecular formula is C16H13ClFN3. The highest BCUT2D eigenvalue weighted by Crippen LogP contribution is 2.22. The van der Waals surface area contributed by atoms with Gasteiger partial charge in [0.25, 0.3) is 0 Å². The molecule has 0 spiro atoms. The number of nitrogens with two attached hydrogens (primary N) is 1. The zero-order valence-corrected chi connectivity index (χ0v) is 11.9. The van der Waals surface area contributed by atoms with Gasteiger partial charge in [0.1, 0.15) is 5.82 Å². The van der Waals surface area contributed by atoms with Gasteiger partial charge in [-0.2, -0.15) is 0 Å². The van der Waals surface area contributed by atoms with Crippen molar-refractivity contribution in [3.05, 3.63) is 70.8 Å². The molecule has 2 aromatic carbocycles. The number of nitrogens with zero attached hydrogens (tertiary/aromatic N) is 2. The molecule has 0 aliphatic carbocycles. The third-order valence-electron chi connectivity index (χ3n) is 3.37. The quantitative estimate of drug-likeness (QED) is 0.803. The maximum absolute atomic E-state index is 13.8. The van der Waals surface area contributed by atoms with E-state index in [1.165, 1.54) is 12.1 Å². The average Bonchev–Trinajstić information content (AvgIpc) is 2.50. The summed E-state index contributed by atoms with van der Waals surface area (Å²) in [4.78, 5) is 8.46. The van der Waals surface area contributed by atoms with Crippen LogP contribution in [0.25, 0.3) is 11.0 Å². The van der Waals surface area contributed by atoms with Gasteiger partial charge in [-0.25, -0.2) is 4.39 Å². The van der Waals surface area contributed by atoms with Gasteiger partial charge in [0.15, 0.2) is 0 Å². The van der Waals surface area contributed by atoms with Gasteiger partial charge in [-0.3, -0.25) is 9.97 Å². The van der Waals surface area contributed by atoms with Gasteiger partial charge >= 0.3 is 0 Å². The Morgan fingerprint density at radius 3 is 2.62 bits per heavy atom. The van der Waals surface area contributed by atoms with Crippen molar-refractivity contribution in [1.82, 2.24) is 9.97 Å². The molecule has 0 radical (unpaired) electrons. The summed E-state index contributed by atoms with van der Waals surface area (Å²) in [5, 5.41) is 0.503. The molecule has 0 aliphatic rings. The second-order valence-corrected chi connectivity index (χ2v) is 5.29. The monoisotopic (exact) mass is 301 g/mol. The van der Waals surface area contributed by atoms with E-state index < -0.39 is 0 Å². The van der Waals surface area contributed by atoms with Gasteiger partial charge in [-0.1, -0.05) is 17.7 Å². The summed E-state index contributed by atoms with van der Waals surface area (Å²) in [5.41, 5.74) is 9.16. The summed E-state index contributed by atoms with van der Waals surface area (Å²) in [6, 6.07) is 9.81. The summed E-state index contributed by atoms with van der Waals surface area (Å²) in [5.74, 6) is -0.296. The van der Waals surface area contributed by atoms with Gasteiger partial charge in [-0.15, -0.1) is 0 Å². The molecule has 0 saturated heterocycles. The Kier molecular flexibility index (Phi) is 3.82. The van der Waals surface area contributed by atoms with Crippen LogP contribution in [0, 0.1) is 5.82 Å². The number of rotatable bonds is 3. The lowest BCUT2D eigenvalue weighted by atomic mass is 9.99. The molecule has 1 heterocycles. The van der Waals surface area contributed by atoms with E-state index >= 15 is 0 Å². The van der Waals surface area contributed by atoms with Crippen LogP contribution >= 0.6 is 11.6 Å². The lowest BCUT2D eigenvalue weighted by molar-refractivity contribution is 0.593. The van der Waals surface area contributed by atoms with Gasteiger partial charge in [0.2, 0.25) is 0 Å². The second-order valence-electron chi connectivity index (χ2n) is 4.85. The molecule has 1 unspecified atom stereocenters. The number of hydrogen-bond donors (Lipinski definition) is 1. The van der Waals surface area contributed by atoms with Crippen LogP contribution in [0.1, 0.15) is 17.2 Å². The fraction of sp³-hybridized carbons (Fsp3) is 0.125. The van der Waals surface area contributed by atoms with Crippen molar-refractivity contribution in [2.45, 2.75) is 12.5 Å². The summed E-state index contributed by atoms with van der Waals surface area (Å²) in [7, 11) is 0. The van der Waals surface area contributed by atoms with Crippen LogP contribution < -0.4 is 5.73 Å². The van der Waals surface area contributed by atoms with E-state index in [9.17, 15) is 4.39 Å². The number of fused-ring (bicyclic) bond motifs is 1. The standard InChI is InChI=1S/C16H13ClFN3/c17-12-2-3-13(18)11(7-12)8-14(19)10-1-4-15-16(9-10)21-6-5-20-15/h1-7,9,14H,8,19H2.